The van der Waals surface area contributed by atoms with E-state index in [2.05, 4.69) is 10.2 Å². The Morgan fingerprint density at radius 1 is 1.04 bits per heavy atom. The van der Waals surface area contributed by atoms with Gasteiger partial charge in [0.05, 0.1) is 6.10 Å². The van der Waals surface area contributed by atoms with E-state index >= 15 is 0 Å². The second-order valence-corrected chi connectivity index (χ2v) is 7.06. The molecule has 26 heavy (non-hydrogen) atoms. The van der Waals surface area contributed by atoms with Crippen molar-refractivity contribution in [2.45, 2.75) is 31.8 Å². The SMILES string of the molecule is CNCC1CCN(C(=O)c2ccc(N3CCC(O)CC3)cc2)CC1.Cl.Cl. The number of carbonyl (C=O) groups is 1. The highest BCUT2D eigenvalue weighted by Gasteiger charge is 2.23. The van der Waals surface area contributed by atoms with Crippen LogP contribution in [0, 0.1) is 5.92 Å². The van der Waals surface area contributed by atoms with Crippen molar-refractivity contribution >= 4 is 36.4 Å². The molecule has 2 fully saturated rings. The number of rotatable bonds is 4. The summed E-state index contributed by atoms with van der Waals surface area (Å²) in [5.74, 6) is 0.842. The van der Waals surface area contributed by atoms with Crippen molar-refractivity contribution in [1.29, 1.82) is 0 Å². The smallest absolute Gasteiger partial charge is 0.253 e. The van der Waals surface area contributed by atoms with Crippen molar-refractivity contribution < 1.29 is 9.90 Å². The van der Waals surface area contributed by atoms with E-state index in [-0.39, 0.29) is 36.8 Å². The van der Waals surface area contributed by atoms with Crippen LogP contribution in [0.2, 0.25) is 0 Å². The number of nitrogens with zero attached hydrogens (tertiary/aromatic N) is 2. The first-order chi connectivity index (χ1) is 11.7. The molecule has 1 aromatic rings. The van der Waals surface area contributed by atoms with Crippen molar-refractivity contribution in [2.75, 3.05) is 44.7 Å². The van der Waals surface area contributed by atoms with Crippen molar-refractivity contribution in [2.24, 2.45) is 5.92 Å². The van der Waals surface area contributed by atoms with Crippen LogP contribution in [0.15, 0.2) is 24.3 Å². The molecule has 0 saturated carbocycles. The van der Waals surface area contributed by atoms with Gasteiger partial charge in [-0.2, -0.15) is 0 Å². The third-order valence-corrected chi connectivity index (χ3v) is 5.34. The van der Waals surface area contributed by atoms with E-state index in [0.717, 1.165) is 69.7 Å². The van der Waals surface area contributed by atoms with Crippen LogP contribution >= 0.6 is 24.8 Å². The highest BCUT2D eigenvalue weighted by atomic mass is 35.5. The summed E-state index contributed by atoms with van der Waals surface area (Å²) in [6, 6.07) is 7.97. The van der Waals surface area contributed by atoms with Crippen LogP contribution in [-0.4, -0.2) is 61.8 Å². The number of hydrogen-bond acceptors (Lipinski definition) is 4. The first-order valence-corrected chi connectivity index (χ1v) is 9.14. The van der Waals surface area contributed by atoms with Crippen LogP contribution in [0.1, 0.15) is 36.0 Å². The molecule has 1 amide bonds. The van der Waals surface area contributed by atoms with Crippen LogP contribution in [0.5, 0.6) is 0 Å². The summed E-state index contributed by atoms with van der Waals surface area (Å²) in [6.07, 6.45) is 3.65. The molecule has 2 saturated heterocycles. The summed E-state index contributed by atoms with van der Waals surface area (Å²) in [6.45, 7) is 4.52. The maximum atomic E-state index is 12.7. The second-order valence-electron chi connectivity index (χ2n) is 7.06. The summed E-state index contributed by atoms with van der Waals surface area (Å²) >= 11 is 0. The monoisotopic (exact) mass is 403 g/mol. The predicted molar refractivity (Wildman–Crippen MR) is 111 cm³/mol. The molecular formula is C19H31Cl2N3O2. The Labute approximate surface area is 168 Å². The Morgan fingerprint density at radius 3 is 2.15 bits per heavy atom. The number of hydrogen-bond donors (Lipinski definition) is 2. The predicted octanol–water partition coefficient (Wildman–Crippen LogP) is 2.56. The zero-order chi connectivity index (χ0) is 16.9. The average molecular weight is 404 g/mol. The number of piperidine rings is 2. The third kappa shape index (κ3) is 5.74. The number of halogens is 2. The molecule has 0 spiro atoms. The maximum Gasteiger partial charge on any atom is 0.253 e. The van der Waals surface area contributed by atoms with Gasteiger partial charge in [-0.15, -0.1) is 24.8 Å². The highest BCUT2D eigenvalue weighted by molar-refractivity contribution is 5.94. The number of carbonyl (C=O) groups excluding carboxylic acids is 1. The normalized spacial score (nSPS) is 18.8. The Hall–Kier alpha value is -1.01. The molecule has 0 radical (unpaired) electrons. The molecule has 0 unspecified atom stereocenters. The lowest BCUT2D eigenvalue weighted by Crippen LogP contribution is -2.40. The van der Waals surface area contributed by atoms with Gasteiger partial charge in [0.25, 0.3) is 5.91 Å². The lowest BCUT2D eigenvalue weighted by molar-refractivity contribution is 0.0691. The van der Waals surface area contributed by atoms with E-state index in [1.54, 1.807) is 0 Å². The first kappa shape index (κ1) is 23.0. The lowest BCUT2D eigenvalue weighted by atomic mass is 9.96. The Balaban J connectivity index is 0.00000169. The minimum absolute atomic E-state index is 0. The quantitative estimate of drug-likeness (QED) is 0.810. The molecule has 3 rings (SSSR count). The number of amides is 1. The standard InChI is InChI=1S/C19H29N3O2.2ClH/c1-20-14-15-6-10-22(11-7-15)19(24)16-2-4-17(5-3-16)21-12-8-18(23)9-13-21;;/h2-5,15,18,20,23H,6-14H2,1H3;2*1H. The number of aliphatic hydroxyl groups excluding tert-OH is 1. The van der Waals surface area contributed by atoms with E-state index in [0.29, 0.717) is 5.92 Å². The van der Waals surface area contributed by atoms with Crippen LogP contribution < -0.4 is 10.2 Å². The van der Waals surface area contributed by atoms with E-state index < -0.39 is 0 Å². The Bertz CT molecular complexity index is 540. The van der Waals surface area contributed by atoms with Crippen LogP contribution in [0.25, 0.3) is 0 Å². The third-order valence-electron chi connectivity index (χ3n) is 5.34. The summed E-state index contributed by atoms with van der Waals surface area (Å²) in [4.78, 5) is 16.9. The minimum atomic E-state index is -0.159. The van der Waals surface area contributed by atoms with Crippen molar-refractivity contribution in [3.05, 3.63) is 29.8 Å². The summed E-state index contributed by atoms with van der Waals surface area (Å²) < 4.78 is 0. The molecule has 0 aromatic heterocycles. The molecule has 0 bridgehead atoms. The number of benzene rings is 1. The fourth-order valence-electron chi connectivity index (χ4n) is 3.75. The van der Waals surface area contributed by atoms with Gasteiger partial charge in [0, 0.05) is 37.4 Å². The number of anilines is 1. The van der Waals surface area contributed by atoms with Crippen molar-refractivity contribution in [3.63, 3.8) is 0 Å². The molecule has 2 aliphatic rings. The van der Waals surface area contributed by atoms with E-state index in [9.17, 15) is 9.90 Å². The molecule has 0 aliphatic carbocycles. The molecule has 7 heteroatoms. The summed E-state index contributed by atoms with van der Waals surface area (Å²) in [5.41, 5.74) is 1.93. The maximum absolute atomic E-state index is 12.7. The summed E-state index contributed by atoms with van der Waals surface area (Å²) in [5, 5.41) is 12.8. The van der Waals surface area contributed by atoms with E-state index in [1.165, 1.54) is 0 Å². The van der Waals surface area contributed by atoms with E-state index in [1.807, 2.05) is 36.2 Å². The molecular weight excluding hydrogens is 373 g/mol. The average Bonchev–Trinajstić information content (AvgIpc) is 2.63. The minimum Gasteiger partial charge on any atom is -0.393 e. The molecule has 2 aliphatic heterocycles. The molecule has 148 valence electrons. The summed E-state index contributed by atoms with van der Waals surface area (Å²) in [7, 11) is 1.99. The number of likely N-dealkylation sites (tertiary alicyclic amines) is 1. The largest absolute Gasteiger partial charge is 0.393 e. The van der Waals surface area contributed by atoms with Gasteiger partial charge < -0.3 is 20.2 Å². The fourth-order valence-corrected chi connectivity index (χ4v) is 3.75. The Morgan fingerprint density at radius 2 is 1.62 bits per heavy atom. The molecule has 1 aromatic carbocycles. The van der Waals surface area contributed by atoms with Gasteiger partial charge in [-0.3, -0.25) is 4.79 Å². The van der Waals surface area contributed by atoms with E-state index in [4.69, 9.17) is 0 Å². The van der Waals surface area contributed by atoms with Gasteiger partial charge in [0.2, 0.25) is 0 Å². The molecule has 0 atom stereocenters. The van der Waals surface area contributed by atoms with Gasteiger partial charge in [-0.05, 0) is 69.5 Å². The van der Waals surface area contributed by atoms with Gasteiger partial charge in [-0.25, -0.2) is 0 Å². The number of nitrogens with one attached hydrogen (secondary N) is 1. The Kier molecular flexibility index (Phi) is 9.72. The second kappa shape index (κ2) is 11.0. The van der Waals surface area contributed by atoms with Gasteiger partial charge >= 0.3 is 0 Å². The van der Waals surface area contributed by atoms with Gasteiger partial charge in [0.15, 0.2) is 0 Å². The van der Waals surface area contributed by atoms with Gasteiger partial charge in [0.1, 0.15) is 0 Å². The van der Waals surface area contributed by atoms with Crippen molar-refractivity contribution in [1.82, 2.24) is 10.2 Å². The number of aliphatic hydroxyl groups is 1. The lowest BCUT2D eigenvalue weighted by Gasteiger charge is -2.33. The zero-order valence-electron chi connectivity index (χ0n) is 15.4. The molecule has 2 N–H and O–H groups in total. The fraction of sp³-hybridized carbons (Fsp3) is 0.632. The van der Waals surface area contributed by atoms with Crippen LogP contribution in [-0.2, 0) is 0 Å². The molecule has 2 heterocycles. The highest BCUT2D eigenvalue weighted by Crippen LogP contribution is 2.22. The van der Waals surface area contributed by atoms with Crippen LogP contribution in [0.4, 0.5) is 5.69 Å². The zero-order valence-corrected chi connectivity index (χ0v) is 17.0. The topological polar surface area (TPSA) is 55.8 Å². The van der Waals surface area contributed by atoms with Crippen molar-refractivity contribution in [3.8, 4) is 0 Å². The first-order valence-electron chi connectivity index (χ1n) is 9.14. The molecule has 5 nitrogen and oxygen atoms in total. The van der Waals surface area contributed by atoms with Crippen LogP contribution in [0.3, 0.4) is 0 Å². The van der Waals surface area contributed by atoms with Gasteiger partial charge in [-0.1, -0.05) is 0 Å².